The first kappa shape index (κ1) is 23.8. The van der Waals surface area contributed by atoms with Gasteiger partial charge in [-0.15, -0.1) is 0 Å². The summed E-state index contributed by atoms with van der Waals surface area (Å²) in [6, 6.07) is 20.4. The van der Waals surface area contributed by atoms with Crippen molar-refractivity contribution in [1.82, 2.24) is 5.32 Å². The Bertz CT molecular complexity index is 1200. The first-order chi connectivity index (χ1) is 15.0. The third-order valence-corrected chi connectivity index (χ3v) is 6.85. The van der Waals surface area contributed by atoms with Crippen molar-refractivity contribution in [3.8, 4) is 0 Å². The summed E-state index contributed by atoms with van der Waals surface area (Å²) < 4.78 is 27.5. The van der Waals surface area contributed by atoms with Gasteiger partial charge in [0.25, 0.3) is 15.9 Å². The Morgan fingerprint density at radius 3 is 2.12 bits per heavy atom. The Labute approximate surface area is 194 Å². The van der Waals surface area contributed by atoms with Gasteiger partial charge in [0, 0.05) is 0 Å². The predicted molar refractivity (Wildman–Crippen MR) is 130 cm³/mol. The van der Waals surface area contributed by atoms with Crippen LogP contribution in [0.25, 0.3) is 0 Å². The summed E-state index contributed by atoms with van der Waals surface area (Å²) >= 11 is 6.30. The van der Waals surface area contributed by atoms with Crippen molar-refractivity contribution in [3.63, 3.8) is 0 Å². The van der Waals surface area contributed by atoms with E-state index in [1.165, 1.54) is 35.9 Å². The highest BCUT2D eigenvalue weighted by atomic mass is 35.5. The van der Waals surface area contributed by atoms with Crippen molar-refractivity contribution in [2.24, 2.45) is 0 Å². The number of hydrogen-bond acceptors (Lipinski definition) is 3. The van der Waals surface area contributed by atoms with Gasteiger partial charge in [-0.2, -0.15) is 0 Å². The molecule has 0 heterocycles. The van der Waals surface area contributed by atoms with Crippen LogP contribution in [0.15, 0.2) is 77.7 Å². The van der Waals surface area contributed by atoms with Crippen molar-refractivity contribution in [2.75, 3.05) is 4.72 Å². The quantitative estimate of drug-likeness (QED) is 0.468. The lowest BCUT2D eigenvalue weighted by atomic mass is 9.86. The van der Waals surface area contributed by atoms with Crippen LogP contribution in [0.5, 0.6) is 0 Å². The molecule has 0 fully saturated rings. The molecule has 0 bridgehead atoms. The number of hydrogen-bond donors (Lipinski definition) is 2. The average molecular weight is 471 g/mol. The van der Waals surface area contributed by atoms with Crippen LogP contribution in [0.1, 0.15) is 55.2 Å². The molecule has 0 aliphatic heterocycles. The molecule has 32 heavy (non-hydrogen) atoms. The highest BCUT2D eigenvalue weighted by molar-refractivity contribution is 7.92. The van der Waals surface area contributed by atoms with E-state index in [4.69, 9.17) is 11.6 Å². The maximum absolute atomic E-state index is 12.8. The number of nitrogens with one attached hydrogen (secondary N) is 2. The van der Waals surface area contributed by atoms with E-state index in [1.54, 1.807) is 18.2 Å². The van der Waals surface area contributed by atoms with Crippen molar-refractivity contribution < 1.29 is 13.2 Å². The van der Waals surface area contributed by atoms with E-state index in [2.05, 4.69) is 42.9 Å². The van der Waals surface area contributed by atoms with Crippen LogP contribution in [-0.2, 0) is 15.4 Å². The smallest absolute Gasteiger partial charge is 0.261 e. The van der Waals surface area contributed by atoms with Gasteiger partial charge in [0.05, 0.1) is 27.2 Å². The molecule has 1 amide bonds. The van der Waals surface area contributed by atoms with E-state index >= 15 is 0 Å². The topological polar surface area (TPSA) is 75.3 Å². The maximum atomic E-state index is 12.8. The lowest BCUT2D eigenvalue weighted by molar-refractivity contribution is 0.0940. The number of sulfonamides is 1. The summed E-state index contributed by atoms with van der Waals surface area (Å²) in [5.41, 5.74) is 2.81. The highest BCUT2D eigenvalue weighted by Crippen LogP contribution is 2.26. The summed E-state index contributed by atoms with van der Waals surface area (Å²) in [7, 11) is -3.74. The van der Waals surface area contributed by atoms with E-state index < -0.39 is 10.0 Å². The fourth-order valence-electron chi connectivity index (χ4n) is 3.21. The predicted octanol–water partition coefficient (Wildman–Crippen LogP) is 5.93. The number of benzene rings is 3. The second-order valence-electron chi connectivity index (χ2n) is 8.68. The maximum Gasteiger partial charge on any atom is 0.261 e. The lowest BCUT2D eigenvalue weighted by Crippen LogP contribution is -2.27. The van der Waals surface area contributed by atoms with Crippen LogP contribution >= 0.6 is 11.6 Å². The van der Waals surface area contributed by atoms with Gasteiger partial charge in [-0.1, -0.05) is 74.8 Å². The molecule has 0 aliphatic carbocycles. The second kappa shape index (κ2) is 9.35. The van der Waals surface area contributed by atoms with Gasteiger partial charge in [-0.05, 0) is 53.8 Å². The number of halogens is 1. The zero-order valence-corrected chi connectivity index (χ0v) is 20.1. The molecule has 3 aromatic carbocycles. The molecule has 7 heteroatoms. The number of amides is 1. The Morgan fingerprint density at radius 2 is 1.56 bits per heavy atom. The van der Waals surface area contributed by atoms with Crippen LogP contribution in [0.2, 0.25) is 5.02 Å². The van der Waals surface area contributed by atoms with Crippen LogP contribution in [-0.4, -0.2) is 14.3 Å². The zero-order valence-electron chi connectivity index (χ0n) is 18.5. The number of carbonyl (C=O) groups excluding carboxylic acids is 1. The zero-order chi connectivity index (χ0) is 23.5. The van der Waals surface area contributed by atoms with Crippen molar-refractivity contribution in [3.05, 3.63) is 94.5 Å². The van der Waals surface area contributed by atoms with Crippen molar-refractivity contribution >= 4 is 33.2 Å². The molecular weight excluding hydrogens is 444 g/mol. The summed E-state index contributed by atoms with van der Waals surface area (Å²) in [4.78, 5) is 12.9. The molecule has 2 N–H and O–H groups in total. The van der Waals surface area contributed by atoms with Gasteiger partial charge in [0.2, 0.25) is 0 Å². The second-order valence-corrected chi connectivity index (χ2v) is 10.8. The largest absolute Gasteiger partial charge is 0.345 e. The molecule has 0 saturated heterocycles. The molecule has 0 saturated carbocycles. The van der Waals surface area contributed by atoms with Gasteiger partial charge in [-0.25, -0.2) is 8.42 Å². The van der Waals surface area contributed by atoms with E-state index in [-0.39, 0.29) is 38.5 Å². The van der Waals surface area contributed by atoms with Crippen LogP contribution in [0.4, 0.5) is 5.69 Å². The van der Waals surface area contributed by atoms with E-state index in [0.29, 0.717) is 0 Å². The molecule has 168 valence electrons. The minimum Gasteiger partial charge on any atom is -0.345 e. The highest BCUT2D eigenvalue weighted by Gasteiger charge is 2.18. The van der Waals surface area contributed by atoms with Gasteiger partial charge >= 0.3 is 0 Å². The molecule has 0 aromatic heterocycles. The van der Waals surface area contributed by atoms with Crippen molar-refractivity contribution in [1.29, 1.82) is 0 Å². The van der Waals surface area contributed by atoms with E-state index in [0.717, 1.165) is 5.56 Å². The Morgan fingerprint density at radius 1 is 0.938 bits per heavy atom. The fraction of sp³-hybridized carbons (Fsp3) is 0.240. The lowest BCUT2D eigenvalue weighted by Gasteiger charge is -2.21. The molecule has 0 radical (unpaired) electrons. The summed E-state index contributed by atoms with van der Waals surface area (Å²) in [5.74, 6) is -0.333. The SMILES string of the molecule is C[C@@H](NC(=O)c1ccc(NS(=O)(=O)c2ccccc2)cc1Cl)c1ccc(C(C)(C)C)cc1. The average Bonchev–Trinajstić information content (AvgIpc) is 2.73. The van der Waals surface area contributed by atoms with Crippen LogP contribution in [0.3, 0.4) is 0 Å². The molecule has 1 atom stereocenters. The number of anilines is 1. The summed E-state index contributed by atoms with van der Waals surface area (Å²) in [6.07, 6.45) is 0. The Kier molecular flexibility index (Phi) is 6.96. The van der Waals surface area contributed by atoms with E-state index in [1.807, 2.05) is 19.1 Å². The van der Waals surface area contributed by atoms with Gasteiger partial charge in [-0.3, -0.25) is 9.52 Å². The van der Waals surface area contributed by atoms with Gasteiger partial charge < -0.3 is 5.32 Å². The molecule has 0 aliphatic rings. The summed E-state index contributed by atoms with van der Waals surface area (Å²) in [5, 5.41) is 3.10. The molecule has 0 unspecified atom stereocenters. The minimum absolute atomic E-state index is 0.0579. The van der Waals surface area contributed by atoms with Crippen molar-refractivity contribution in [2.45, 2.75) is 44.0 Å². The number of carbonyl (C=O) groups is 1. The standard InChI is InChI=1S/C25H27ClN2O3S/c1-17(18-10-12-19(13-11-18)25(2,3)4)27-24(29)22-15-14-20(16-23(22)26)28-32(30,31)21-8-6-5-7-9-21/h5-17,28H,1-4H3,(H,27,29)/t17-/m1/s1. The van der Waals surface area contributed by atoms with Crippen LogP contribution < -0.4 is 10.0 Å². The fourth-order valence-corrected chi connectivity index (χ4v) is 4.54. The molecular formula is C25H27ClN2O3S. The normalized spacial score (nSPS) is 12.8. The first-order valence-corrected chi connectivity index (χ1v) is 12.1. The van der Waals surface area contributed by atoms with Crippen LogP contribution in [0, 0.1) is 0 Å². The Balaban J connectivity index is 1.71. The first-order valence-electron chi connectivity index (χ1n) is 10.3. The van der Waals surface area contributed by atoms with Gasteiger partial charge in [0.1, 0.15) is 0 Å². The molecule has 3 rings (SSSR count). The number of rotatable bonds is 6. The summed E-state index contributed by atoms with van der Waals surface area (Å²) in [6.45, 7) is 8.36. The molecule has 5 nitrogen and oxygen atoms in total. The van der Waals surface area contributed by atoms with E-state index in [9.17, 15) is 13.2 Å². The Hall–Kier alpha value is -2.83. The molecule has 3 aromatic rings. The monoisotopic (exact) mass is 470 g/mol. The third-order valence-electron chi connectivity index (χ3n) is 5.14. The molecule has 0 spiro atoms. The third kappa shape index (κ3) is 5.69. The minimum atomic E-state index is -3.74. The van der Waals surface area contributed by atoms with Gasteiger partial charge in [0.15, 0.2) is 0 Å².